The maximum atomic E-state index is 11.5. The summed E-state index contributed by atoms with van der Waals surface area (Å²) in [5.41, 5.74) is 0.821. The Hall–Kier alpha value is -2.26. The van der Waals surface area contributed by atoms with Crippen molar-refractivity contribution >= 4 is 27.6 Å². The largest absolute Gasteiger partial charge is 0.494 e. The molecule has 0 unspecified atom stereocenters. The molecule has 0 spiro atoms. The summed E-state index contributed by atoms with van der Waals surface area (Å²) < 4.78 is 37.1. The highest BCUT2D eigenvalue weighted by molar-refractivity contribution is 7.84. The molecule has 0 aliphatic rings. The van der Waals surface area contributed by atoms with Crippen LogP contribution in [0.4, 0.5) is 11.4 Å². The van der Waals surface area contributed by atoms with E-state index < -0.39 is 10.3 Å². The van der Waals surface area contributed by atoms with Crippen molar-refractivity contribution < 1.29 is 22.5 Å². The Morgan fingerprint density at radius 2 is 2.10 bits per heavy atom. The lowest BCUT2D eigenvalue weighted by Crippen LogP contribution is -2.12. The molecule has 108 valence electrons. The summed E-state index contributed by atoms with van der Waals surface area (Å²) in [5, 5.41) is 5.88. The van der Waals surface area contributed by atoms with E-state index in [1.54, 1.807) is 6.92 Å². The number of rotatable bonds is 5. The van der Waals surface area contributed by atoms with E-state index in [-0.39, 0.29) is 17.3 Å². The predicted octanol–water partition coefficient (Wildman–Crippen LogP) is 2.10. The zero-order chi connectivity index (χ0) is 15.3. The molecule has 8 nitrogen and oxygen atoms in total. The second-order valence-electron chi connectivity index (χ2n) is 3.75. The average molecular weight is 299 g/mol. The maximum Gasteiger partial charge on any atom is 0.396 e. The average Bonchev–Trinajstić information content (AvgIpc) is 2.36. The molecule has 0 saturated heterocycles. The van der Waals surface area contributed by atoms with Gasteiger partial charge in [0.25, 0.3) is 5.91 Å². The van der Waals surface area contributed by atoms with Crippen LogP contribution in [0, 0.1) is 0 Å². The number of methoxy groups -OCH3 is 1. The zero-order valence-corrected chi connectivity index (χ0v) is 11.6. The van der Waals surface area contributed by atoms with Crippen molar-refractivity contribution in [1.29, 1.82) is 0 Å². The SMILES string of the molecule is C=C(C)C(=O)Nc1ccc(/N=N/S(=O)(=O)O)cc1OC. The highest BCUT2D eigenvalue weighted by Gasteiger charge is 2.09. The van der Waals surface area contributed by atoms with E-state index in [0.717, 1.165) is 0 Å². The van der Waals surface area contributed by atoms with Crippen molar-refractivity contribution in [2.45, 2.75) is 6.92 Å². The van der Waals surface area contributed by atoms with Crippen LogP contribution in [0.3, 0.4) is 0 Å². The number of anilines is 1. The first-order valence-corrected chi connectivity index (χ1v) is 6.68. The number of carbonyl (C=O) groups excluding carboxylic acids is 1. The van der Waals surface area contributed by atoms with Crippen molar-refractivity contribution in [2.24, 2.45) is 9.63 Å². The minimum absolute atomic E-state index is 0.132. The summed E-state index contributed by atoms with van der Waals surface area (Å²) >= 11 is 0. The lowest BCUT2D eigenvalue weighted by molar-refractivity contribution is -0.112. The minimum Gasteiger partial charge on any atom is -0.494 e. The Morgan fingerprint density at radius 1 is 1.45 bits per heavy atom. The van der Waals surface area contributed by atoms with Crippen molar-refractivity contribution in [3.8, 4) is 5.75 Å². The molecular formula is C11H13N3O5S. The van der Waals surface area contributed by atoms with Gasteiger partial charge in [0.15, 0.2) is 0 Å². The van der Waals surface area contributed by atoms with Crippen LogP contribution in [0.1, 0.15) is 6.92 Å². The van der Waals surface area contributed by atoms with Gasteiger partial charge < -0.3 is 10.1 Å². The molecule has 1 rings (SSSR count). The van der Waals surface area contributed by atoms with Crippen LogP contribution in [0.15, 0.2) is 40.0 Å². The van der Waals surface area contributed by atoms with Gasteiger partial charge in [-0.15, -0.1) is 5.11 Å². The summed E-state index contributed by atoms with van der Waals surface area (Å²) in [7, 11) is -3.18. The van der Waals surface area contributed by atoms with Crippen LogP contribution in [-0.4, -0.2) is 26.0 Å². The quantitative estimate of drug-likeness (QED) is 0.490. The van der Waals surface area contributed by atoms with E-state index in [9.17, 15) is 13.2 Å². The molecule has 0 aromatic heterocycles. The molecule has 2 N–H and O–H groups in total. The fourth-order valence-electron chi connectivity index (χ4n) is 1.17. The van der Waals surface area contributed by atoms with E-state index in [0.29, 0.717) is 11.3 Å². The molecule has 0 heterocycles. The third-order valence-electron chi connectivity index (χ3n) is 2.08. The third-order valence-corrected chi connectivity index (χ3v) is 2.37. The predicted molar refractivity (Wildman–Crippen MR) is 72.5 cm³/mol. The van der Waals surface area contributed by atoms with Crippen molar-refractivity contribution in [1.82, 2.24) is 0 Å². The van der Waals surface area contributed by atoms with E-state index in [1.165, 1.54) is 25.3 Å². The monoisotopic (exact) mass is 299 g/mol. The van der Waals surface area contributed by atoms with Gasteiger partial charge in [0.1, 0.15) is 5.75 Å². The van der Waals surface area contributed by atoms with Crippen LogP contribution < -0.4 is 10.1 Å². The van der Waals surface area contributed by atoms with E-state index in [1.807, 2.05) is 0 Å². The molecule has 0 aliphatic carbocycles. The van der Waals surface area contributed by atoms with Gasteiger partial charge in [0.05, 0.1) is 18.5 Å². The first-order chi connectivity index (χ1) is 9.23. The van der Waals surface area contributed by atoms with Crippen molar-refractivity contribution in [2.75, 3.05) is 12.4 Å². The molecule has 0 fully saturated rings. The van der Waals surface area contributed by atoms with E-state index >= 15 is 0 Å². The smallest absolute Gasteiger partial charge is 0.396 e. The second kappa shape index (κ2) is 6.26. The number of nitrogens with one attached hydrogen (secondary N) is 1. The molecule has 0 bridgehead atoms. The standard InChI is InChI=1S/C11H13N3O5S/c1-7(2)11(15)12-9-5-4-8(6-10(9)19-3)13-14-20(16,17)18/h4-6H,1H2,2-3H3,(H,12,15)(H,16,17,18)/b14-13+. The molecule has 1 aromatic carbocycles. The van der Waals surface area contributed by atoms with Gasteiger partial charge in [-0.2, -0.15) is 8.42 Å². The van der Waals surface area contributed by atoms with Crippen molar-refractivity contribution in [3.05, 3.63) is 30.4 Å². The first kappa shape index (κ1) is 15.8. The summed E-state index contributed by atoms with van der Waals surface area (Å²) in [4.78, 5) is 11.5. The molecular weight excluding hydrogens is 286 g/mol. The number of benzene rings is 1. The zero-order valence-electron chi connectivity index (χ0n) is 10.8. The molecule has 0 aliphatic heterocycles. The normalized spacial score (nSPS) is 11.3. The molecule has 0 atom stereocenters. The number of hydrogen-bond donors (Lipinski definition) is 2. The number of carbonyl (C=O) groups is 1. The molecule has 1 amide bonds. The van der Waals surface area contributed by atoms with E-state index in [4.69, 9.17) is 9.29 Å². The van der Waals surface area contributed by atoms with Gasteiger partial charge in [-0.05, 0) is 23.6 Å². The van der Waals surface area contributed by atoms with Crippen LogP contribution in [0.2, 0.25) is 0 Å². The molecule has 20 heavy (non-hydrogen) atoms. The van der Waals surface area contributed by atoms with Crippen molar-refractivity contribution in [3.63, 3.8) is 0 Å². The highest BCUT2D eigenvalue weighted by Crippen LogP contribution is 2.29. The Bertz CT molecular complexity index is 667. The van der Waals surface area contributed by atoms with Gasteiger partial charge in [-0.3, -0.25) is 9.35 Å². The lowest BCUT2D eigenvalue weighted by Gasteiger charge is -2.10. The highest BCUT2D eigenvalue weighted by atomic mass is 32.2. The molecule has 1 aromatic rings. The van der Waals surface area contributed by atoms with Crippen LogP contribution in [0.5, 0.6) is 5.75 Å². The van der Waals surface area contributed by atoms with Gasteiger partial charge in [0, 0.05) is 11.6 Å². The molecule has 0 saturated carbocycles. The molecule has 9 heteroatoms. The lowest BCUT2D eigenvalue weighted by atomic mass is 10.2. The number of ether oxygens (including phenoxy) is 1. The molecule has 0 radical (unpaired) electrons. The summed E-state index contributed by atoms with van der Waals surface area (Å²) in [5.74, 6) is -0.123. The summed E-state index contributed by atoms with van der Waals surface area (Å²) in [6, 6.07) is 4.20. The second-order valence-corrected chi connectivity index (χ2v) is 4.81. The van der Waals surface area contributed by atoms with E-state index in [2.05, 4.69) is 21.5 Å². The Morgan fingerprint density at radius 3 is 2.60 bits per heavy atom. The summed E-state index contributed by atoms with van der Waals surface area (Å²) in [6.45, 7) is 5.05. The number of nitrogens with zero attached hydrogens (tertiary/aromatic N) is 2. The Balaban J connectivity index is 3.05. The minimum atomic E-state index is -4.55. The first-order valence-electron chi connectivity index (χ1n) is 5.28. The maximum absolute atomic E-state index is 11.5. The topological polar surface area (TPSA) is 117 Å². The summed E-state index contributed by atoms with van der Waals surface area (Å²) in [6.07, 6.45) is 0. The third kappa shape index (κ3) is 4.78. The van der Waals surface area contributed by atoms with Gasteiger partial charge in [0.2, 0.25) is 0 Å². The Labute approximate surface area is 116 Å². The fourth-order valence-corrected chi connectivity index (χ4v) is 1.37. The Kier molecular flexibility index (Phi) is 4.94. The number of amides is 1. The van der Waals surface area contributed by atoms with Crippen LogP contribution in [-0.2, 0) is 15.1 Å². The van der Waals surface area contributed by atoms with Gasteiger partial charge in [-0.1, -0.05) is 6.58 Å². The van der Waals surface area contributed by atoms with Crippen LogP contribution >= 0.6 is 0 Å². The number of hydrogen-bond acceptors (Lipinski definition) is 5. The fraction of sp³-hybridized carbons (Fsp3) is 0.182. The van der Waals surface area contributed by atoms with Gasteiger partial charge in [-0.25, -0.2) is 0 Å². The van der Waals surface area contributed by atoms with Gasteiger partial charge >= 0.3 is 10.3 Å². The van der Waals surface area contributed by atoms with Crippen LogP contribution in [0.25, 0.3) is 0 Å².